The Bertz CT molecular complexity index is 411. The van der Waals surface area contributed by atoms with Crippen LogP contribution in [0.15, 0.2) is 18.2 Å². The molecular weight excluding hydrogens is 214 g/mol. The number of anilines is 1. The molecule has 0 heterocycles. The van der Waals surface area contributed by atoms with Crippen molar-refractivity contribution < 1.29 is 9.53 Å². The van der Waals surface area contributed by atoms with E-state index >= 15 is 0 Å². The van der Waals surface area contributed by atoms with Gasteiger partial charge in [-0.3, -0.25) is 4.79 Å². The van der Waals surface area contributed by atoms with E-state index in [2.05, 4.69) is 30.4 Å². The number of hydrogen-bond donors (Lipinski definition) is 1. The van der Waals surface area contributed by atoms with E-state index in [0.29, 0.717) is 6.54 Å². The van der Waals surface area contributed by atoms with Crippen LogP contribution in [0.5, 0.6) is 0 Å². The summed E-state index contributed by atoms with van der Waals surface area (Å²) in [5.41, 5.74) is 2.93. The lowest BCUT2D eigenvalue weighted by molar-refractivity contribution is -0.149. The highest BCUT2D eigenvalue weighted by atomic mass is 16.5. The molecule has 1 aromatic rings. The van der Waals surface area contributed by atoms with Gasteiger partial charge in [-0.15, -0.1) is 0 Å². The fourth-order valence-electron chi connectivity index (χ4n) is 1.59. The van der Waals surface area contributed by atoms with Crippen molar-refractivity contribution in [1.29, 1.82) is 0 Å². The lowest BCUT2D eigenvalue weighted by Crippen LogP contribution is -2.33. The predicted octanol–water partition coefficient (Wildman–Crippen LogP) is 2.91. The zero-order chi connectivity index (χ0) is 13.1. The molecule has 0 aliphatic heterocycles. The SMILES string of the molecule is COC(=O)C(C)(C)CNc1cc(C)ccc1C. The minimum Gasteiger partial charge on any atom is -0.469 e. The Labute approximate surface area is 103 Å². The molecule has 94 valence electrons. The quantitative estimate of drug-likeness (QED) is 0.815. The van der Waals surface area contributed by atoms with Gasteiger partial charge in [0.05, 0.1) is 12.5 Å². The normalized spacial score (nSPS) is 11.1. The van der Waals surface area contributed by atoms with Gasteiger partial charge in [0.1, 0.15) is 0 Å². The van der Waals surface area contributed by atoms with Crippen LogP contribution in [0.4, 0.5) is 5.69 Å². The molecule has 1 N–H and O–H groups in total. The van der Waals surface area contributed by atoms with E-state index in [1.165, 1.54) is 18.2 Å². The Hall–Kier alpha value is -1.51. The maximum atomic E-state index is 11.5. The van der Waals surface area contributed by atoms with E-state index in [1.54, 1.807) is 0 Å². The van der Waals surface area contributed by atoms with Crippen LogP contribution in [0.3, 0.4) is 0 Å². The van der Waals surface area contributed by atoms with E-state index in [4.69, 9.17) is 4.74 Å². The van der Waals surface area contributed by atoms with Gasteiger partial charge in [-0.1, -0.05) is 12.1 Å². The van der Waals surface area contributed by atoms with Crippen molar-refractivity contribution in [2.45, 2.75) is 27.7 Å². The first-order valence-electron chi connectivity index (χ1n) is 5.76. The molecule has 0 aliphatic carbocycles. The van der Waals surface area contributed by atoms with Gasteiger partial charge >= 0.3 is 5.97 Å². The summed E-state index contributed by atoms with van der Waals surface area (Å²) in [5.74, 6) is -0.199. The maximum absolute atomic E-state index is 11.5. The Kier molecular flexibility index (Phi) is 4.16. The number of carbonyl (C=O) groups is 1. The molecule has 0 aliphatic rings. The van der Waals surface area contributed by atoms with Crippen LogP contribution in [-0.2, 0) is 9.53 Å². The lowest BCUT2D eigenvalue weighted by Gasteiger charge is -2.23. The highest BCUT2D eigenvalue weighted by molar-refractivity contribution is 5.76. The number of nitrogens with one attached hydrogen (secondary N) is 1. The Balaban J connectivity index is 2.73. The maximum Gasteiger partial charge on any atom is 0.313 e. The monoisotopic (exact) mass is 235 g/mol. The van der Waals surface area contributed by atoms with Gasteiger partial charge in [0.2, 0.25) is 0 Å². The summed E-state index contributed by atoms with van der Waals surface area (Å²) in [7, 11) is 1.42. The summed E-state index contributed by atoms with van der Waals surface area (Å²) in [6, 6.07) is 6.23. The smallest absolute Gasteiger partial charge is 0.313 e. The first-order chi connectivity index (χ1) is 7.86. The molecule has 17 heavy (non-hydrogen) atoms. The number of carbonyl (C=O) groups excluding carboxylic acids is 1. The van der Waals surface area contributed by atoms with Gasteiger partial charge in [0, 0.05) is 12.2 Å². The van der Waals surface area contributed by atoms with Crippen LogP contribution in [0.2, 0.25) is 0 Å². The van der Waals surface area contributed by atoms with Crippen molar-refractivity contribution in [1.82, 2.24) is 0 Å². The molecule has 3 nitrogen and oxygen atoms in total. The first-order valence-corrected chi connectivity index (χ1v) is 5.76. The third-order valence-corrected chi connectivity index (χ3v) is 2.85. The largest absolute Gasteiger partial charge is 0.469 e. The standard InChI is InChI=1S/C14H21NO2/c1-10-6-7-11(2)12(8-10)15-9-14(3,4)13(16)17-5/h6-8,15H,9H2,1-5H3. The van der Waals surface area contributed by atoms with Crippen molar-refractivity contribution in [3.05, 3.63) is 29.3 Å². The van der Waals surface area contributed by atoms with Crippen molar-refractivity contribution >= 4 is 11.7 Å². The minimum atomic E-state index is -0.523. The summed E-state index contributed by atoms with van der Waals surface area (Å²) in [6.45, 7) is 8.40. The van der Waals surface area contributed by atoms with E-state index in [9.17, 15) is 4.79 Å². The summed E-state index contributed by atoms with van der Waals surface area (Å²) in [5, 5.41) is 3.31. The van der Waals surface area contributed by atoms with Crippen molar-refractivity contribution in [2.75, 3.05) is 19.0 Å². The van der Waals surface area contributed by atoms with Gasteiger partial charge in [0.25, 0.3) is 0 Å². The topological polar surface area (TPSA) is 38.3 Å². The molecule has 0 saturated heterocycles. The molecule has 3 heteroatoms. The van der Waals surface area contributed by atoms with E-state index in [-0.39, 0.29) is 5.97 Å². The molecule has 0 radical (unpaired) electrons. The number of rotatable bonds is 4. The predicted molar refractivity (Wildman–Crippen MR) is 70.2 cm³/mol. The summed E-state index contributed by atoms with van der Waals surface area (Å²) in [6.07, 6.45) is 0. The fraction of sp³-hybridized carbons (Fsp3) is 0.500. The van der Waals surface area contributed by atoms with Crippen molar-refractivity contribution in [3.63, 3.8) is 0 Å². The van der Waals surface area contributed by atoms with Crippen molar-refractivity contribution in [2.24, 2.45) is 5.41 Å². The number of hydrogen-bond acceptors (Lipinski definition) is 3. The van der Waals surface area contributed by atoms with Gasteiger partial charge < -0.3 is 10.1 Å². The summed E-state index contributed by atoms with van der Waals surface area (Å²) in [4.78, 5) is 11.5. The highest BCUT2D eigenvalue weighted by Gasteiger charge is 2.28. The fourth-order valence-corrected chi connectivity index (χ4v) is 1.59. The zero-order valence-electron chi connectivity index (χ0n) is 11.3. The second-order valence-electron chi connectivity index (χ2n) is 5.05. The number of methoxy groups -OCH3 is 1. The van der Waals surface area contributed by atoms with Crippen LogP contribution >= 0.6 is 0 Å². The van der Waals surface area contributed by atoms with Gasteiger partial charge in [-0.25, -0.2) is 0 Å². The molecule has 0 bridgehead atoms. The average molecular weight is 235 g/mol. The Morgan fingerprint density at radius 3 is 2.59 bits per heavy atom. The molecule has 0 saturated carbocycles. The van der Waals surface area contributed by atoms with Crippen LogP contribution in [-0.4, -0.2) is 19.6 Å². The molecule has 0 amide bonds. The lowest BCUT2D eigenvalue weighted by atomic mass is 9.93. The number of esters is 1. The molecule has 0 unspecified atom stereocenters. The second kappa shape index (κ2) is 5.21. The van der Waals surface area contributed by atoms with Crippen LogP contribution in [0, 0.1) is 19.3 Å². The van der Waals surface area contributed by atoms with Crippen LogP contribution < -0.4 is 5.32 Å². The molecule has 1 rings (SSSR count). The van der Waals surface area contributed by atoms with E-state index < -0.39 is 5.41 Å². The van der Waals surface area contributed by atoms with Crippen molar-refractivity contribution in [3.8, 4) is 0 Å². The minimum absolute atomic E-state index is 0.199. The van der Waals surface area contributed by atoms with Gasteiger partial charge in [-0.2, -0.15) is 0 Å². The number of aryl methyl sites for hydroxylation is 2. The molecule has 0 atom stereocenters. The Morgan fingerprint density at radius 2 is 2.00 bits per heavy atom. The van der Waals surface area contributed by atoms with E-state index in [0.717, 1.165) is 5.69 Å². The van der Waals surface area contributed by atoms with Gasteiger partial charge in [0.15, 0.2) is 0 Å². The Morgan fingerprint density at radius 1 is 1.35 bits per heavy atom. The number of benzene rings is 1. The molecule has 0 spiro atoms. The third kappa shape index (κ3) is 3.48. The molecule has 0 aromatic heterocycles. The van der Waals surface area contributed by atoms with E-state index in [1.807, 2.05) is 20.8 Å². The first kappa shape index (κ1) is 13.6. The number of ether oxygens (including phenoxy) is 1. The average Bonchev–Trinajstić information content (AvgIpc) is 2.29. The molecular formula is C14H21NO2. The van der Waals surface area contributed by atoms with Gasteiger partial charge in [-0.05, 0) is 44.9 Å². The molecule has 1 aromatic carbocycles. The van der Waals surface area contributed by atoms with Crippen LogP contribution in [0.25, 0.3) is 0 Å². The third-order valence-electron chi connectivity index (χ3n) is 2.85. The zero-order valence-corrected chi connectivity index (χ0v) is 11.3. The second-order valence-corrected chi connectivity index (χ2v) is 5.05. The summed E-state index contributed by atoms with van der Waals surface area (Å²) < 4.78 is 4.78. The summed E-state index contributed by atoms with van der Waals surface area (Å²) >= 11 is 0. The molecule has 0 fully saturated rings. The highest BCUT2D eigenvalue weighted by Crippen LogP contribution is 2.21. The van der Waals surface area contributed by atoms with Crippen LogP contribution in [0.1, 0.15) is 25.0 Å².